The number of benzene rings is 2. The third-order valence-corrected chi connectivity index (χ3v) is 9.06. The van der Waals surface area contributed by atoms with Gasteiger partial charge >= 0.3 is 5.97 Å². The Labute approximate surface area is 195 Å². The number of carbonyl (C=O) groups is 1. The summed E-state index contributed by atoms with van der Waals surface area (Å²) in [7, 11) is -7.47. The zero-order chi connectivity index (χ0) is 23.4. The lowest BCUT2D eigenvalue weighted by molar-refractivity contribution is -0.137. The zero-order valence-corrected chi connectivity index (χ0v) is 20.4. The first kappa shape index (κ1) is 23.2. The summed E-state index contributed by atoms with van der Waals surface area (Å²) in [6, 6.07) is 9.72. The molecule has 0 radical (unpaired) electrons. The Morgan fingerprint density at radius 1 is 1.12 bits per heavy atom. The predicted molar refractivity (Wildman–Crippen MR) is 123 cm³/mol. The van der Waals surface area contributed by atoms with E-state index in [0.29, 0.717) is 33.8 Å². The lowest BCUT2D eigenvalue weighted by Gasteiger charge is -2.12. The van der Waals surface area contributed by atoms with Crippen LogP contribution in [0.3, 0.4) is 0 Å². The van der Waals surface area contributed by atoms with E-state index in [1.54, 1.807) is 24.3 Å². The van der Waals surface area contributed by atoms with E-state index in [4.69, 9.17) is 11.6 Å². The van der Waals surface area contributed by atoms with Crippen molar-refractivity contribution in [3.63, 3.8) is 0 Å². The number of fused-ring (bicyclic) bond motifs is 3. The summed E-state index contributed by atoms with van der Waals surface area (Å²) in [6.45, 7) is 0.474. The van der Waals surface area contributed by atoms with Crippen LogP contribution in [0.1, 0.15) is 24.5 Å². The fraction of sp³-hybridized carbons (Fsp3) is 0.286. The fourth-order valence-corrected chi connectivity index (χ4v) is 7.15. The summed E-state index contributed by atoms with van der Waals surface area (Å²) in [5.41, 5.74) is 1.20. The second-order valence-corrected chi connectivity index (χ2v) is 13.4. The van der Waals surface area contributed by atoms with Gasteiger partial charge in [0.25, 0.3) is 0 Å². The van der Waals surface area contributed by atoms with Crippen molar-refractivity contribution in [3.8, 4) is 0 Å². The molecule has 0 fully saturated rings. The SMILES string of the molecule is CS(=O)(=O)c1cc(S(C)(=O)=O)c2c(Sc3ccc(Cl)cc3)c3n(c2c1)CCC3CC(=O)O. The maximum atomic E-state index is 12.7. The van der Waals surface area contributed by atoms with Crippen LogP contribution < -0.4 is 0 Å². The smallest absolute Gasteiger partial charge is 0.304 e. The molecule has 32 heavy (non-hydrogen) atoms. The van der Waals surface area contributed by atoms with Crippen LogP contribution in [0.2, 0.25) is 5.02 Å². The van der Waals surface area contributed by atoms with Crippen LogP contribution in [0.4, 0.5) is 0 Å². The molecule has 0 aliphatic carbocycles. The van der Waals surface area contributed by atoms with E-state index in [1.165, 1.54) is 23.9 Å². The van der Waals surface area contributed by atoms with Gasteiger partial charge in [0.2, 0.25) is 0 Å². The highest BCUT2D eigenvalue weighted by atomic mass is 35.5. The molecule has 2 aromatic carbocycles. The molecule has 1 unspecified atom stereocenters. The van der Waals surface area contributed by atoms with Gasteiger partial charge in [-0.3, -0.25) is 4.79 Å². The summed E-state index contributed by atoms with van der Waals surface area (Å²) < 4.78 is 51.9. The largest absolute Gasteiger partial charge is 0.481 e. The van der Waals surface area contributed by atoms with Gasteiger partial charge in [0, 0.05) is 50.9 Å². The number of nitrogens with zero attached hydrogens (tertiary/aromatic N) is 1. The number of hydrogen-bond donors (Lipinski definition) is 1. The first-order valence-corrected chi connectivity index (χ1v) is 14.6. The summed E-state index contributed by atoms with van der Waals surface area (Å²) in [6.07, 6.45) is 2.55. The van der Waals surface area contributed by atoms with Gasteiger partial charge < -0.3 is 9.67 Å². The van der Waals surface area contributed by atoms with E-state index >= 15 is 0 Å². The van der Waals surface area contributed by atoms with Crippen LogP contribution in [-0.2, 0) is 31.0 Å². The number of aromatic nitrogens is 1. The van der Waals surface area contributed by atoms with E-state index in [2.05, 4.69) is 0 Å². The highest BCUT2D eigenvalue weighted by Gasteiger charge is 2.34. The number of sulfone groups is 2. The average molecular weight is 514 g/mol. The molecule has 3 aromatic rings. The lowest BCUT2D eigenvalue weighted by atomic mass is 10.0. The van der Waals surface area contributed by atoms with E-state index in [1.807, 2.05) is 4.57 Å². The minimum atomic E-state index is -3.79. The molecule has 170 valence electrons. The van der Waals surface area contributed by atoms with Crippen molar-refractivity contribution >= 4 is 59.9 Å². The van der Waals surface area contributed by atoms with Crippen molar-refractivity contribution in [1.82, 2.24) is 4.57 Å². The highest BCUT2D eigenvalue weighted by molar-refractivity contribution is 7.99. The molecule has 1 aromatic heterocycles. The Balaban J connectivity index is 2.09. The Hall–Kier alpha value is -2.01. The van der Waals surface area contributed by atoms with E-state index in [0.717, 1.165) is 23.1 Å². The molecular weight excluding hydrogens is 494 g/mol. The van der Waals surface area contributed by atoms with Crippen LogP contribution in [-0.4, -0.2) is 45.0 Å². The van der Waals surface area contributed by atoms with E-state index in [9.17, 15) is 26.7 Å². The molecule has 0 spiro atoms. The second-order valence-electron chi connectivity index (χ2n) is 7.87. The minimum Gasteiger partial charge on any atom is -0.481 e. The van der Waals surface area contributed by atoms with Crippen molar-refractivity contribution in [2.24, 2.45) is 0 Å². The molecule has 0 saturated carbocycles. The normalized spacial score (nSPS) is 16.4. The van der Waals surface area contributed by atoms with Gasteiger partial charge in [-0.1, -0.05) is 23.4 Å². The van der Waals surface area contributed by atoms with Crippen molar-refractivity contribution in [2.75, 3.05) is 12.5 Å². The highest BCUT2D eigenvalue weighted by Crippen LogP contribution is 2.49. The first-order chi connectivity index (χ1) is 14.9. The Morgan fingerprint density at radius 2 is 1.78 bits per heavy atom. The Morgan fingerprint density at radius 3 is 2.34 bits per heavy atom. The summed E-state index contributed by atoms with van der Waals surface area (Å²) in [4.78, 5) is 12.8. The predicted octanol–water partition coefficient (Wildman–Crippen LogP) is 4.21. The molecule has 1 aliphatic heterocycles. The van der Waals surface area contributed by atoms with Gasteiger partial charge in [0.15, 0.2) is 19.7 Å². The number of aryl methyl sites for hydroxylation is 1. The second kappa shape index (κ2) is 8.09. The quantitative estimate of drug-likeness (QED) is 0.525. The van der Waals surface area contributed by atoms with Gasteiger partial charge in [-0.05, 0) is 42.8 Å². The monoisotopic (exact) mass is 513 g/mol. The topological polar surface area (TPSA) is 111 Å². The van der Waals surface area contributed by atoms with Gasteiger partial charge in [-0.2, -0.15) is 0 Å². The number of halogens is 1. The third kappa shape index (κ3) is 4.28. The number of rotatable bonds is 6. The first-order valence-electron chi connectivity index (χ1n) is 9.61. The number of hydrogen-bond acceptors (Lipinski definition) is 6. The molecule has 0 bridgehead atoms. The molecule has 1 atom stereocenters. The molecule has 0 amide bonds. The summed E-state index contributed by atoms with van der Waals surface area (Å²) >= 11 is 7.32. The minimum absolute atomic E-state index is 0.0807. The van der Waals surface area contributed by atoms with Crippen molar-refractivity contribution in [3.05, 3.63) is 47.1 Å². The fourth-order valence-electron chi connectivity index (χ4n) is 4.11. The maximum Gasteiger partial charge on any atom is 0.304 e. The molecular formula is C21H20ClNO6S3. The summed E-state index contributed by atoms with van der Waals surface area (Å²) in [5, 5.41) is 10.4. The molecule has 4 rings (SSSR count). The van der Waals surface area contributed by atoms with Crippen molar-refractivity contribution < 1.29 is 26.7 Å². The molecule has 1 N–H and O–H groups in total. The average Bonchev–Trinajstić information content (AvgIpc) is 3.20. The number of carboxylic acid groups (broad SMARTS) is 1. The lowest BCUT2D eigenvalue weighted by Crippen LogP contribution is -2.05. The van der Waals surface area contributed by atoms with Crippen LogP contribution in [0.15, 0.2) is 56.0 Å². The molecule has 1 aliphatic rings. The Bertz CT molecular complexity index is 1460. The van der Waals surface area contributed by atoms with Crippen LogP contribution in [0.25, 0.3) is 10.9 Å². The van der Waals surface area contributed by atoms with Crippen molar-refractivity contribution in [2.45, 2.75) is 44.9 Å². The van der Waals surface area contributed by atoms with Crippen molar-refractivity contribution in [1.29, 1.82) is 0 Å². The van der Waals surface area contributed by atoms with Crippen LogP contribution in [0.5, 0.6) is 0 Å². The Kier molecular flexibility index (Phi) is 5.85. The van der Waals surface area contributed by atoms with E-state index in [-0.39, 0.29) is 22.1 Å². The number of aliphatic carboxylic acids is 1. The van der Waals surface area contributed by atoms with Gasteiger partial charge in [0.1, 0.15) is 0 Å². The molecule has 7 nitrogen and oxygen atoms in total. The molecule has 2 heterocycles. The molecule has 11 heteroatoms. The van der Waals surface area contributed by atoms with Crippen LogP contribution >= 0.6 is 23.4 Å². The van der Waals surface area contributed by atoms with Gasteiger partial charge in [-0.25, -0.2) is 16.8 Å². The standard InChI is InChI=1S/C21H20ClNO6S3/c1-31(26,27)15-10-16-19(17(11-15)32(2,28)29)21(30-14-5-3-13(22)4-6-14)20-12(9-18(24)25)7-8-23(16)20/h3-6,10-12H,7-9H2,1-2H3,(H,24,25). The zero-order valence-electron chi connectivity index (χ0n) is 17.2. The van der Waals surface area contributed by atoms with Crippen LogP contribution in [0, 0.1) is 0 Å². The number of carboxylic acids is 1. The van der Waals surface area contributed by atoms with E-state index < -0.39 is 25.6 Å². The van der Waals surface area contributed by atoms with Gasteiger partial charge in [0.05, 0.1) is 21.7 Å². The maximum absolute atomic E-state index is 12.7. The molecule has 0 saturated heterocycles. The summed E-state index contributed by atoms with van der Waals surface area (Å²) in [5.74, 6) is -1.26. The van der Waals surface area contributed by atoms with Gasteiger partial charge in [-0.15, -0.1) is 0 Å². The third-order valence-electron chi connectivity index (χ3n) is 5.47.